The number of hydrogen-bond donors (Lipinski definition) is 0. The van der Waals surface area contributed by atoms with Gasteiger partial charge in [0.05, 0.1) is 7.11 Å². The molecule has 0 unspecified atom stereocenters. The van der Waals surface area contributed by atoms with Crippen molar-refractivity contribution >= 4 is 18.2 Å². The zero-order valence-corrected chi connectivity index (χ0v) is 16.7. The minimum atomic E-state index is -0.195. The Hall–Kier alpha value is -1.91. The number of rotatable bonds is 14. The fourth-order valence-corrected chi connectivity index (χ4v) is 3.44. The Labute approximate surface area is 163 Å². The van der Waals surface area contributed by atoms with Gasteiger partial charge in [0.1, 0.15) is 11.9 Å². The van der Waals surface area contributed by atoms with Crippen molar-refractivity contribution in [2.75, 3.05) is 7.11 Å². The molecule has 1 saturated carbocycles. The molecule has 3 atom stereocenters. The number of Topliss-reactive ketones (excluding diaryl/α,β-unsaturated/α-hetero) is 1. The van der Waals surface area contributed by atoms with Gasteiger partial charge in [0.25, 0.3) is 6.47 Å². The lowest BCUT2D eigenvalue weighted by Crippen LogP contribution is -2.14. The second-order valence-corrected chi connectivity index (χ2v) is 7.10. The maximum atomic E-state index is 12.2. The third-order valence-electron chi connectivity index (χ3n) is 5.09. The Bertz CT molecular complexity index is 509. The molecule has 152 valence electrons. The van der Waals surface area contributed by atoms with E-state index in [4.69, 9.17) is 4.74 Å². The molecule has 0 aromatic carbocycles. The Morgan fingerprint density at radius 2 is 2.07 bits per heavy atom. The molecule has 5 nitrogen and oxygen atoms in total. The highest BCUT2D eigenvalue weighted by atomic mass is 16.5. The van der Waals surface area contributed by atoms with Crippen LogP contribution in [0.4, 0.5) is 0 Å². The largest absolute Gasteiger partial charge is 0.469 e. The summed E-state index contributed by atoms with van der Waals surface area (Å²) >= 11 is 0. The number of ether oxygens (including phenoxy) is 2. The third kappa shape index (κ3) is 9.55. The summed E-state index contributed by atoms with van der Waals surface area (Å²) in [5.74, 6) is 0.333. The topological polar surface area (TPSA) is 69.7 Å². The predicted molar refractivity (Wildman–Crippen MR) is 105 cm³/mol. The van der Waals surface area contributed by atoms with Crippen molar-refractivity contribution in [3.8, 4) is 0 Å². The molecule has 0 spiro atoms. The number of esters is 1. The normalized spacial score (nSPS) is 21.0. The first-order valence-electron chi connectivity index (χ1n) is 10.1. The summed E-state index contributed by atoms with van der Waals surface area (Å²) in [6, 6.07) is 0. The summed E-state index contributed by atoms with van der Waals surface area (Å²) in [6.45, 7) is 2.65. The standard InChI is InChI=1S/C22H34O5/c1-3-4-7-10-19(27-17-23)15-13-18-14-16-21(24)20(18)11-8-5-6-9-12-22(25)26-2/h5,8,13,15,17-20H,3-4,6-7,9-12,14,16H2,1-2H3/b8-5-,15-13+/t18-,19-,20+/m0/s1. The van der Waals surface area contributed by atoms with Crippen LogP contribution in [-0.2, 0) is 23.9 Å². The van der Waals surface area contributed by atoms with Crippen LogP contribution in [0.1, 0.15) is 71.1 Å². The van der Waals surface area contributed by atoms with Crippen LogP contribution >= 0.6 is 0 Å². The van der Waals surface area contributed by atoms with E-state index < -0.39 is 0 Å². The zero-order valence-electron chi connectivity index (χ0n) is 16.7. The van der Waals surface area contributed by atoms with E-state index in [0.29, 0.717) is 25.1 Å². The van der Waals surface area contributed by atoms with Crippen LogP contribution in [-0.4, -0.2) is 31.4 Å². The van der Waals surface area contributed by atoms with Crippen molar-refractivity contribution in [2.24, 2.45) is 11.8 Å². The van der Waals surface area contributed by atoms with E-state index in [9.17, 15) is 14.4 Å². The first kappa shape index (κ1) is 23.1. The molecule has 27 heavy (non-hydrogen) atoms. The molecular formula is C22H34O5. The second-order valence-electron chi connectivity index (χ2n) is 7.10. The predicted octanol–water partition coefficient (Wildman–Crippen LogP) is 4.55. The number of ketones is 1. The van der Waals surface area contributed by atoms with Crippen molar-refractivity contribution in [1.82, 2.24) is 0 Å². The molecule has 1 aliphatic rings. The summed E-state index contributed by atoms with van der Waals surface area (Å²) in [7, 11) is 1.39. The Morgan fingerprint density at radius 3 is 2.78 bits per heavy atom. The van der Waals surface area contributed by atoms with Crippen molar-refractivity contribution < 1.29 is 23.9 Å². The van der Waals surface area contributed by atoms with Gasteiger partial charge in [0.2, 0.25) is 0 Å². The average molecular weight is 379 g/mol. The van der Waals surface area contributed by atoms with Gasteiger partial charge < -0.3 is 9.47 Å². The van der Waals surface area contributed by atoms with Gasteiger partial charge in [-0.3, -0.25) is 14.4 Å². The average Bonchev–Trinajstić information content (AvgIpc) is 3.02. The van der Waals surface area contributed by atoms with Gasteiger partial charge in [-0.15, -0.1) is 0 Å². The van der Waals surface area contributed by atoms with E-state index in [0.717, 1.165) is 51.4 Å². The van der Waals surface area contributed by atoms with E-state index in [-0.39, 0.29) is 23.9 Å². The summed E-state index contributed by atoms with van der Waals surface area (Å²) in [6.07, 6.45) is 16.2. The highest BCUT2D eigenvalue weighted by Gasteiger charge is 2.31. The highest BCUT2D eigenvalue weighted by Crippen LogP contribution is 2.33. The van der Waals surface area contributed by atoms with Crippen LogP contribution < -0.4 is 0 Å². The number of unbranched alkanes of at least 4 members (excludes halogenated alkanes) is 3. The second kappa shape index (κ2) is 14.2. The molecule has 0 heterocycles. The molecule has 5 heteroatoms. The zero-order chi connectivity index (χ0) is 19.9. The fourth-order valence-electron chi connectivity index (χ4n) is 3.44. The van der Waals surface area contributed by atoms with Crippen LogP contribution in [0, 0.1) is 11.8 Å². The van der Waals surface area contributed by atoms with Gasteiger partial charge in [-0.2, -0.15) is 0 Å². The SMILES string of the molecule is CCCCC[C@@H](/C=C/[C@H]1CCC(=O)[C@@H]1C/C=C\CCCC(=O)OC)OC=O. The van der Waals surface area contributed by atoms with Crippen LogP contribution in [0.25, 0.3) is 0 Å². The van der Waals surface area contributed by atoms with E-state index >= 15 is 0 Å². The maximum absolute atomic E-state index is 12.2. The van der Waals surface area contributed by atoms with Crippen molar-refractivity contribution in [1.29, 1.82) is 0 Å². The van der Waals surface area contributed by atoms with E-state index in [2.05, 4.69) is 17.7 Å². The number of allylic oxidation sites excluding steroid dienone is 3. The van der Waals surface area contributed by atoms with Gasteiger partial charge in [-0.05, 0) is 50.5 Å². The van der Waals surface area contributed by atoms with Crippen LogP contribution in [0.5, 0.6) is 0 Å². The van der Waals surface area contributed by atoms with Gasteiger partial charge in [0, 0.05) is 18.8 Å². The van der Waals surface area contributed by atoms with Crippen molar-refractivity contribution in [2.45, 2.75) is 77.2 Å². The number of hydrogen-bond acceptors (Lipinski definition) is 5. The molecule has 0 aromatic rings. The van der Waals surface area contributed by atoms with Gasteiger partial charge >= 0.3 is 5.97 Å². The van der Waals surface area contributed by atoms with E-state index in [1.54, 1.807) is 0 Å². The Kier molecular flexibility index (Phi) is 12.2. The number of methoxy groups -OCH3 is 1. The summed E-state index contributed by atoms with van der Waals surface area (Å²) in [5.41, 5.74) is 0. The maximum Gasteiger partial charge on any atom is 0.305 e. The lowest BCUT2D eigenvalue weighted by molar-refractivity contribution is -0.140. The first-order valence-corrected chi connectivity index (χ1v) is 10.1. The Balaban J connectivity index is 2.47. The van der Waals surface area contributed by atoms with Crippen molar-refractivity contribution in [3.63, 3.8) is 0 Å². The molecule has 1 rings (SSSR count). The fraction of sp³-hybridized carbons (Fsp3) is 0.682. The minimum absolute atomic E-state index is 0.00521. The van der Waals surface area contributed by atoms with E-state index in [1.165, 1.54) is 7.11 Å². The Morgan fingerprint density at radius 1 is 1.26 bits per heavy atom. The molecule has 0 bridgehead atoms. The highest BCUT2D eigenvalue weighted by molar-refractivity contribution is 5.83. The van der Waals surface area contributed by atoms with Gasteiger partial charge in [0.15, 0.2) is 0 Å². The quantitative estimate of drug-likeness (QED) is 0.192. The molecule has 0 aromatic heterocycles. The number of carbonyl (C=O) groups excluding carboxylic acids is 3. The molecule has 0 radical (unpaired) electrons. The smallest absolute Gasteiger partial charge is 0.305 e. The minimum Gasteiger partial charge on any atom is -0.469 e. The van der Waals surface area contributed by atoms with Crippen LogP contribution in [0.15, 0.2) is 24.3 Å². The molecule has 0 saturated heterocycles. The summed E-state index contributed by atoms with van der Waals surface area (Å²) < 4.78 is 9.77. The van der Waals surface area contributed by atoms with Gasteiger partial charge in [-0.1, -0.05) is 38.0 Å². The molecule has 1 aliphatic carbocycles. The lowest BCUT2D eigenvalue weighted by Gasteiger charge is -2.15. The molecule has 1 fully saturated rings. The van der Waals surface area contributed by atoms with Gasteiger partial charge in [-0.25, -0.2) is 0 Å². The molecule has 0 amide bonds. The molecule has 0 N–H and O–H groups in total. The molecule has 0 aliphatic heterocycles. The number of carbonyl (C=O) groups is 3. The first-order chi connectivity index (χ1) is 13.1. The summed E-state index contributed by atoms with van der Waals surface area (Å²) in [4.78, 5) is 34.0. The summed E-state index contributed by atoms with van der Waals surface area (Å²) in [5, 5.41) is 0. The van der Waals surface area contributed by atoms with E-state index in [1.807, 2.05) is 18.2 Å². The third-order valence-corrected chi connectivity index (χ3v) is 5.09. The monoisotopic (exact) mass is 378 g/mol. The molecular weight excluding hydrogens is 344 g/mol. The van der Waals surface area contributed by atoms with Crippen LogP contribution in [0.2, 0.25) is 0 Å². The lowest BCUT2D eigenvalue weighted by atomic mass is 9.91. The van der Waals surface area contributed by atoms with Crippen molar-refractivity contribution in [3.05, 3.63) is 24.3 Å². The van der Waals surface area contributed by atoms with Crippen LogP contribution in [0.3, 0.4) is 0 Å².